The highest BCUT2D eigenvalue weighted by Gasteiger charge is 2.28. The van der Waals surface area contributed by atoms with Crippen LogP contribution < -0.4 is 0 Å². The Bertz CT molecular complexity index is 113. The summed E-state index contributed by atoms with van der Waals surface area (Å²) in [7, 11) is 4.46. The molecular formula is C11H23N. The molecule has 12 heavy (non-hydrogen) atoms. The van der Waals surface area contributed by atoms with Crippen LogP contribution in [0.5, 0.6) is 0 Å². The van der Waals surface area contributed by atoms with E-state index in [0.717, 1.165) is 17.9 Å². The summed E-state index contributed by atoms with van der Waals surface area (Å²) in [6.07, 6.45) is 5.75. The molecule has 1 nitrogen and oxygen atoms in total. The van der Waals surface area contributed by atoms with E-state index in [1.54, 1.807) is 0 Å². The Morgan fingerprint density at radius 2 is 1.67 bits per heavy atom. The Morgan fingerprint density at radius 3 is 2.08 bits per heavy atom. The average Bonchev–Trinajstić information content (AvgIpc) is 2.04. The van der Waals surface area contributed by atoms with Gasteiger partial charge in [0.2, 0.25) is 0 Å². The van der Waals surface area contributed by atoms with Crippen LogP contribution in [-0.4, -0.2) is 25.0 Å². The molecule has 1 fully saturated rings. The van der Waals surface area contributed by atoms with Gasteiger partial charge in [-0.05, 0) is 38.8 Å². The van der Waals surface area contributed by atoms with Crippen LogP contribution in [0.1, 0.15) is 39.5 Å². The summed E-state index contributed by atoms with van der Waals surface area (Å²) in [4.78, 5) is 2.42. The highest BCUT2D eigenvalue weighted by atomic mass is 15.1. The summed E-state index contributed by atoms with van der Waals surface area (Å²) in [5.41, 5.74) is 0. The molecule has 0 N–H and O–H groups in total. The van der Waals surface area contributed by atoms with Gasteiger partial charge in [-0.2, -0.15) is 0 Å². The maximum absolute atomic E-state index is 2.42. The molecule has 0 saturated heterocycles. The summed E-state index contributed by atoms with van der Waals surface area (Å²) in [6, 6.07) is 0.846. The molecule has 0 aromatic carbocycles. The Hall–Kier alpha value is -0.0400. The van der Waals surface area contributed by atoms with Crippen molar-refractivity contribution in [1.82, 2.24) is 4.90 Å². The SMILES string of the molecule is CC(C)[C@H]1CCCC[C@H]1N(C)C. The van der Waals surface area contributed by atoms with Gasteiger partial charge in [-0.1, -0.05) is 26.7 Å². The van der Waals surface area contributed by atoms with Crippen LogP contribution >= 0.6 is 0 Å². The first-order valence-corrected chi connectivity index (χ1v) is 5.29. The average molecular weight is 169 g/mol. The van der Waals surface area contributed by atoms with Crippen LogP contribution in [0.15, 0.2) is 0 Å². The summed E-state index contributed by atoms with van der Waals surface area (Å²) < 4.78 is 0. The molecule has 0 spiro atoms. The molecule has 0 unspecified atom stereocenters. The van der Waals surface area contributed by atoms with Crippen molar-refractivity contribution in [3.8, 4) is 0 Å². The predicted molar refractivity (Wildman–Crippen MR) is 54.3 cm³/mol. The van der Waals surface area contributed by atoms with Crippen molar-refractivity contribution in [1.29, 1.82) is 0 Å². The van der Waals surface area contributed by atoms with Gasteiger partial charge in [0.25, 0.3) is 0 Å². The highest BCUT2D eigenvalue weighted by molar-refractivity contribution is 4.82. The lowest BCUT2D eigenvalue weighted by atomic mass is 9.77. The van der Waals surface area contributed by atoms with Gasteiger partial charge in [-0.3, -0.25) is 0 Å². The first-order valence-electron chi connectivity index (χ1n) is 5.29. The van der Waals surface area contributed by atoms with Crippen LogP contribution in [-0.2, 0) is 0 Å². The van der Waals surface area contributed by atoms with Crippen molar-refractivity contribution in [2.24, 2.45) is 11.8 Å². The molecule has 0 aromatic heterocycles. The van der Waals surface area contributed by atoms with Crippen LogP contribution in [0.25, 0.3) is 0 Å². The molecule has 0 radical (unpaired) electrons. The lowest BCUT2D eigenvalue weighted by Gasteiger charge is -2.38. The Balaban J connectivity index is 2.54. The number of nitrogens with zero attached hydrogens (tertiary/aromatic N) is 1. The predicted octanol–water partition coefficient (Wildman–Crippen LogP) is 2.76. The normalized spacial score (nSPS) is 31.5. The van der Waals surface area contributed by atoms with Gasteiger partial charge in [0.1, 0.15) is 0 Å². The molecule has 1 heteroatoms. The van der Waals surface area contributed by atoms with Crippen molar-refractivity contribution in [2.45, 2.75) is 45.6 Å². The van der Waals surface area contributed by atoms with Crippen LogP contribution in [0.3, 0.4) is 0 Å². The van der Waals surface area contributed by atoms with Gasteiger partial charge in [0, 0.05) is 6.04 Å². The minimum absolute atomic E-state index is 0.846. The molecular weight excluding hydrogens is 146 g/mol. The van der Waals surface area contributed by atoms with E-state index in [-0.39, 0.29) is 0 Å². The third kappa shape index (κ3) is 2.22. The van der Waals surface area contributed by atoms with E-state index in [1.165, 1.54) is 25.7 Å². The van der Waals surface area contributed by atoms with E-state index in [0.29, 0.717) is 0 Å². The minimum Gasteiger partial charge on any atom is -0.306 e. The number of hydrogen-bond acceptors (Lipinski definition) is 1. The van der Waals surface area contributed by atoms with Crippen LogP contribution in [0.4, 0.5) is 0 Å². The summed E-state index contributed by atoms with van der Waals surface area (Å²) in [5, 5.41) is 0. The van der Waals surface area contributed by atoms with E-state index in [2.05, 4.69) is 32.8 Å². The van der Waals surface area contributed by atoms with Crippen molar-refractivity contribution in [3.63, 3.8) is 0 Å². The zero-order valence-corrected chi connectivity index (χ0v) is 9.01. The molecule has 2 atom stereocenters. The van der Waals surface area contributed by atoms with Gasteiger partial charge >= 0.3 is 0 Å². The lowest BCUT2D eigenvalue weighted by molar-refractivity contribution is 0.121. The Labute approximate surface area is 77.1 Å². The quantitative estimate of drug-likeness (QED) is 0.614. The van der Waals surface area contributed by atoms with Crippen LogP contribution in [0, 0.1) is 11.8 Å². The van der Waals surface area contributed by atoms with E-state index >= 15 is 0 Å². The number of rotatable bonds is 2. The maximum atomic E-state index is 2.42. The molecule has 0 amide bonds. The lowest BCUT2D eigenvalue weighted by Crippen LogP contribution is -2.39. The number of hydrogen-bond donors (Lipinski definition) is 0. The molecule has 1 aliphatic carbocycles. The van der Waals surface area contributed by atoms with Gasteiger partial charge in [0.15, 0.2) is 0 Å². The van der Waals surface area contributed by atoms with Gasteiger partial charge in [-0.15, -0.1) is 0 Å². The van der Waals surface area contributed by atoms with E-state index in [9.17, 15) is 0 Å². The maximum Gasteiger partial charge on any atom is 0.0120 e. The third-order valence-corrected chi connectivity index (χ3v) is 3.30. The summed E-state index contributed by atoms with van der Waals surface area (Å²) in [5.74, 6) is 1.80. The zero-order valence-electron chi connectivity index (χ0n) is 9.01. The largest absolute Gasteiger partial charge is 0.306 e. The van der Waals surface area contributed by atoms with E-state index in [1.807, 2.05) is 0 Å². The standard InChI is InChI=1S/C11H23N/c1-9(2)10-7-5-6-8-11(10)12(3)4/h9-11H,5-8H2,1-4H3/t10-,11-/m1/s1. The molecule has 0 aromatic rings. The molecule has 1 rings (SSSR count). The van der Waals surface area contributed by atoms with Crippen LogP contribution in [0.2, 0.25) is 0 Å². The second-order valence-electron chi connectivity index (χ2n) is 4.72. The van der Waals surface area contributed by atoms with E-state index in [4.69, 9.17) is 0 Å². The summed E-state index contributed by atoms with van der Waals surface area (Å²) in [6.45, 7) is 4.74. The smallest absolute Gasteiger partial charge is 0.0120 e. The molecule has 0 heterocycles. The first kappa shape index (κ1) is 10.0. The van der Waals surface area contributed by atoms with Crippen molar-refractivity contribution in [3.05, 3.63) is 0 Å². The zero-order chi connectivity index (χ0) is 9.14. The fourth-order valence-corrected chi connectivity index (χ4v) is 2.56. The summed E-state index contributed by atoms with van der Waals surface area (Å²) >= 11 is 0. The molecule has 0 bridgehead atoms. The fourth-order valence-electron chi connectivity index (χ4n) is 2.56. The molecule has 0 aliphatic heterocycles. The van der Waals surface area contributed by atoms with Gasteiger partial charge in [-0.25, -0.2) is 0 Å². The first-order chi connectivity index (χ1) is 5.63. The Morgan fingerprint density at radius 1 is 1.08 bits per heavy atom. The second kappa shape index (κ2) is 4.27. The topological polar surface area (TPSA) is 3.24 Å². The van der Waals surface area contributed by atoms with Gasteiger partial charge in [0.05, 0.1) is 0 Å². The molecule has 72 valence electrons. The highest BCUT2D eigenvalue weighted by Crippen LogP contribution is 2.32. The second-order valence-corrected chi connectivity index (χ2v) is 4.72. The Kier molecular flexibility index (Phi) is 3.57. The minimum atomic E-state index is 0.846. The molecule has 1 aliphatic rings. The van der Waals surface area contributed by atoms with Crippen molar-refractivity contribution >= 4 is 0 Å². The van der Waals surface area contributed by atoms with Gasteiger partial charge < -0.3 is 4.90 Å². The monoisotopic (exact) mass is 169 g/mol. The fraction of sp³-hybridized carbons (Fsp3) is 1.00. The molecule has 1 saturated carbocycles. The van der Waals surface area contributed by atoms with Crippen molar-refractivity contribution in [2.75, 3.05) is 14.1 Å². The third-order valence-electron chi connectivity index (χ3n) is 3.30. The van der Waals surface area contributed by atoms with Crippen molar-refractivity contribution < 1.29 is 0 Å². The van der Waals surface area contributed by atoms with E-state index < -0.39 is 0 Å².